The number of halogens is 1. The van der Waals surface area contributed by atoms with E-state index in [1.165, 1.54) is 11.8 Å². The number of rotatable bonds is 5. The molecule has 5 nitrogen and oxygen atoms in total. The van der Waals surface area contributed by atoms with E-state index in [1.807, 2.05) is 13.2 Å². The maximum Gasteiger partial charge on any atom is 0.251 e. The molecular formula is C14H18ClNO4S. The molecule has 0 saturated carbocycles. The number of aliphatic hydroxyl groups is 1. The maximum absolute atomic E-state index is 12.3. The van der Waals surface area contributed by atoms with Crippen molar-refractivity contribution >= 4 is 29.3 Å². The van der Waals surface area contributed by atoms with Crippen molar-refractivity contribution in [2.75, 3.05) is 26.1 Å². The van der Waals surface area contributed by atoms with Crippen molar-refractivity contribution in [1.82, 2.24) is 5.32 Å². The van der Waals surface area contributed by atoms with Crippen LogP contribution in [0.15, 0.2) is 12.1 Å². The fourth-order valence-electron chi connectivity index (χ4n) is 2.06. The van der Waals surface area contributed by atoms with Gasteiger partial charge in [0.05, 0.1) is 11.6 Å². The Bertz CT molecular complexity index is 522. The van der Waals surface area contributed by atoms with Crippen LogP contribution >= 0.6 is 23.4 Å². The summed E-state index contributed by atoms with van der Waals surface area (Å²) in [6, 6.07) is 3.02. The Morgan fingerprint density at radius 3 is 2.86 bits per heavy atom. The van der Waals surface area contributed by atoms with Crippen LogP contribution in [0.25, 0.3) is 0 Å². The van der Waals surface area contributed by atoms with E-state index in [0.717, 1.165) is 0 Å². The molecule has 1 aromatic carbocycles. The Hall–Kier alpha value is -1.11. The highest BCUT2D eigenvalue weighted by Gasteiger charge is 2.22. The second-order valence-electron chi connectivity index (χ2n) is 4.70. The van der Waals surface area contributed by atoms with Gasteiger partial charge in [-0.2, -0.15) is 11.8 Å². The Morgan fingerprint density at radius 2 is 2.19 bits per heavy atom. The maximum atomic E-state index is 12.3. The number of carbonyl (C=O) groups excluding carboxylic acids is 1. The first-order chi connectivity index (χ1) is 10.1. The van der Waals surface area contributed by atoms with Crippen molar-refractivity contribution in [3.63, 3.8) is 0 Å². The third-order valence-corrected chi connectivity index (χ3v) is 4.70. The van der Waals surface area contributed by atoms with Crippen molar-refractivity contribution in [1.29, 1.82) is 0 Å². The molecule has 1 aliphatic heterocycles. The molecule has 1 heterocycles. The topological polar surface area (TPSA) is 67.8 Å². The van der Waals surface area contributed by atoms with Gasteiger partial charge in [0, 0.05) is 16.9 Å². The van der Waals surface area contributed by atoms with E-state index < -0.39 is 0 Å². The lowest BCUT2D eigenvalue weighted by Gasteiger charge is -2.23. The van der Waals surface area contributed by atoms with Crippen LogP contribution in [0.1, 0.15) is 17.3 Å². The molecule has 1 aromatic rings. The van der Waals surface area contributed by atoms with E-state index in [2.05, 4.69) is 5.32 Å². The minimum absolute atomic E-state index is 0.00447. The number of amides is 1. The number of aliphatic hydroxyl groups excluding tert-OH is 1. The van der Waals surface area contributed by atoms with Crippen LogP contribution in [0.2, 0.25) is 5.02 Å². The van der Waals surface area contributed by atoms with Gasteiger partial charge in [-0.1, -0.05) is 11.6 Å². The van der Waals surface area contributed by atoms with E-state index in [0.29, 0.717) is 35.3 Å². The van der Waals surface area contributed by atoms with E-state index in [1.54, 1.807) is 12.1 Å². The second-order valence-corrected chi connectivity index (χ2v) is 6.19. The highest BCUT2D eigenvalue weighted by molar-refractivity contribution is 7.99. The van der Waals surface area contributed by atoms with Crippen molar-refractivity contribution in [3.05, 3.63) is 22.7 Å². The molecule has 7 heteroatoms. The van der Waals surface area contributed by atoms with Gasteiger partial charge in [-0.3, -0.25) is 4.79 Å². The first kappa shape index (κ1) is 16.3. The predicted octanol–water partition coefficient (Wildman–Crippen LogP) is 1.95. The standard InChI is InChI=1S/C14H18ClNO4S/c1-8(12(7-17)21-2)16-14(18)9-5-10(15)13-11(6-9)19-3-4-20-13/h5-6,8,12,17H,3-4,7H2,1-2H3,(H,16,18). The average molecular weight is 332 g/mol. The second kappa shape index (κ2) is 7.24. The van der Waals surface area contributed by atoms with Gasteiger partial charge >= 0.3 is 0 Å². The third kappa shape index (κ3) is 3.75. The first-order valence-electron chi connectivity index (χ1n) is 6.60. The van der Waals surface area contributed by atoms with Crippen LogP contribution in [0.3, 0.4) is 0 Å². The summed E-state index contributed by atoms with van der Waals surface area (Å²) >= 11 is 7.62. The lowest BCUT2D eigenvalue weighted by Crippen LogP contribution is -2.41. The highest BCUT2D eigenvalue weighted by atomic mass is 35.5. The third-order valence-electron chi connectivity index (χ3n) is 3.26. The van der Waals surface area contributed by atoms with Gasteiger partial charge in [-0.25, -0.2) is 0 Å². The average Bonchev–Trinajstić information content (AvgIpc) is 2.48. The number of benzene rings is 1. The van der Waals surface area contributed by atoms with Gasteiger partial charge in [0.1, 0.15) is 13.2 Å². The number of hydrogen-bond donors (Lipinski definition) is 2. The molecule has 1 amide bonds. The number of nitrogens with one attached hydrogen (secondary N) is 1. The van der Waals surface area contributed by atoms with Crippen LogP contribution in [0.4, 0.5) is 0 Å². The minimum Gasteiger partial charge on any atom is -0.486 e. The zero-order chi connectivity index (χ0) is 15.4. The van der Waals surface area contributed by atoms with Gasteiger partial charge in [0.2, 0.25) is 0 Å². The summed E-state index contributed by atoms with van der Waals surface area (Å²) in [5.74, 6) is 0.703. The van der Waals surface area contributed by atoms with Crippen LogP contribution < -0.4 is 14.8 Å². The molecule has 0 spiro atoms. The van der Waals surface area contributed by atoms with Crippen LogP contribution in [-0.2, 0) is 0 Å². The molecule has 0 aromatic heterocycles. The summed E-state index contributed by atoms with van der Waals surface area (Å²) < 4.78 is 10.9. The van der Waals surface area contributed by atoms with Crippen LogP contribution in [0.5, 0.6) is 11.5 Å². The largest absolute Gasteiger partial charge is 0.486 e. The monoisotopic (exact) mass is 331 g/mol. The summed E-state index contributed by atoms with van der Waals surface area (Å²) in [5, 5.41) is 12.4. The Kier molecular flexibility index (Phi) is 5.61. The molecule has 116 valence electrons. The molecule has 21 heavy (non-hydrogen) atoms. The Labute approximate surface area is 133 Å². The van der Waals surface area contributed by atoms with Crippen molar-refractivity contribution in [3.8, 4) is 11.5 Å². The molecule has 2 unspecified atom stereocenters. The Balaban J connectivity index is 2.14. The van der Waals surface area contributed by atoms with Gasteiger partial charge in [-0.05, 0) is 25.3 Å². The SMILES string of the molecule is CSC(CO)C(C)NC(=O)c1cc(Cl)c2c(c1)OCCO2. The summed E-state index contributed by atoms with van der Waals surface area (Å²) in [6.07, 6.45) is 1.89. The van der Waals surface area contributed by atoms with Crippen molar-refractivity contribution in [2.45, 2.75) is 18.2 Å². The number of ether oxygens (including phenoxy) is 2. The van der Waals surface area contributed by atoms with E-state index in [4.69, 9.17) is 21.1 Å². The minimum atomic E-state index is -0.256. The predicted molar refractivity (Wildman–Crippen MR) is 83.8 cm³/mol. The fourth-order valence-corrected chi connectivity index (χ4v) is 2.95. The lowest BCUT2D eigenvalue weighted by atomic mass is 10.1. The molecule has 0 bridgehead atoms. The molecule has 0 saturated heterocycles. The van der Waals surface area contributed by atoms with Gasteiger partial charge in [-0.15, -0.1) is 0 Å². The van der Waals surface area contributed by atoms with Gasteiger partial charge in [0.25, 0.3) is 5.91 Å². The van der Waals surface area contributed by atoms with E-state index in [-0.39, 0.29) is 23.8 Å². The number of thioether (sulfide) groups is 1. The quantitative estimate of drug-likeness (QED) is 0.863. The number of carbonyl (C=O) groups is 1. The summed E-state index contributed by atoms with van der Waals surface area (Å²) in [6.45, 7) is 2.74. The van der Waals surface area contributed by atoms with E-state index >= 15 is 0 Å². The smallest absolute Gasteiger partial charge is 0.251 e. The highest BCUT2D eigenvalue weighted by Crippen LogP contribution is 2.38. The number of hydrogen-bond acceptors (Lipinski definition) is 5. The molecular weight excluding hydrogens is 314 g/mol. The molecule has 0 fully saturated rings. The Morgan fingerprint density at radius 1 is 1.48 bits per heavy atom. The molecule has 2 N–H and O–H groups in total. The van der Waals surface area contributed by atoms with Gasteiger partial charge in [0.15, 0.2) is 11.5 Å². The first-order valence-corrected chi connectivity index (χ1v) is 8.27. The number of fused-ring (bicyclic) bond motifs is 1. The molecule has 1 aliphatic rings. The normalized spacial score (nSPS) is 16.2. The van der Waals surface area contributed by atoms with Crippen molar-refractivity contribution in [2.24, 2.45) is 0 Å². The summed E-state index contributed by atoms with van der Waals surface area (Å²) in [5.41, 5.74) is 0.411. The molecule has 0 radical (unpaired) electrons. The van der Waals surface area contributed by atoms with Crippen LogP contribution in [-0.4, -0.2) is 48.4 Å². The molecule has 2 rings (SSSR count). The molecule has 0 aliphatic carbocycles. The molecule has 2 atom stereocenters. The van der Waals surface area contributed by atoms with E-state index in [9.17, 15) is 9.90 Å². The van der Waals surface area contributed by atoms with Crippen LogP contribution in [0, 0.1) is 0 Å². The lowest BCUT2D eigenvalue weighted by molar-refractivity contribution is 0.0934. The summed E-state index contributed by atoms with van der Waals surface area (Å²) in [4.78, 5) is 12.3. The zero-order valence-corrected chi connectivity index (χ0v) is 13.5. The van der Waals surface area contributed by atoms with Crippen molar-refractivity contribution < 1.29 is 19.4 Å². The fraction of sp³-hybridized carbons (Fsp3) is 0.500. The van der Waals surface area contributed by atoms with Gasteiger partial charge < -0.3 is 19.9 Å². The summed E-state index contributed by atoms with van der Waals surface area (Å²) in [7, 11) is 0. The zero-order valence-electron chi connectivity index (χ0n) is 11.9.